The number of ketones is 1. The fraction of sp³-hybridized carbons (Fsp3) is 0.289. The molecule has 4 aromatic rings. The average molecular weight is 605 g/mol. The van der Waals surface area contributed by atoms with Gasteiger partial charge in [-0.15, -0.1) is 0 Å². The number of carbonyl (C=O) groups is 3. The minimum absolute atomic E-state index is 0.119. The van der Waals surface area contributed by atoms with Crippen molar-refractivity contribution >= 4 is 23.3 Å². The predicted octanol–water partition coefficient (Wildman–Crippen LogP) is 6.63. The van der Waals surface area contributed by atoms with Crippen LogP contribution in [0.1, 0.15) is 51.9 Å². The summed E-state index contributed by atoms with van der Waals surface area (Å²) in [6, 6.07) is 31.4. The number of carbonyl (C=O) groups excluding carboxylic acids is 3. The highest BCUT2D eigenvalue weighted by Crippen LogP contribution is 2.29. The lowest BCUT2D eigenvalue weighted by molar-refractivity contribution is -0.141. The first-order chi connectivity index (χ1) is 21.9. The van der Waals surface area contributed by atoms with Crippen molar-refractivity contribution in [2.45, 2.75) is 45.2 Å². The molecule has 1 aliphatic rings. The Kier molecular flexibility index (Phi) is 10.6. The molecular weight excluding hydrogens is 564 g/mol. The van der Waals surface area contributed by atoms with Gasteiger partial charge in [0.15, 0.2) is 5.78 Å². The molecule has 1 N–H and O–H groups in total. The zero-order valence-electron chi connectivity index (χ0n) is 25.9. The molecule has 5 rings (SSSR count). The van der Waals surface area contributed by atoms with Gasteiger partial charge in [0.1, 0.15) is 18.4 Å². The molecular formula is C38H40N2O5. The van der Waals surface area contributed by atoms with E-state index in [0.29, 0.717) is 48.7 Å². The van der Waals surface area contributed by atoms with Crippen molar-refractivity contribution < 1.29 is 23.9 Å². The summed E-state index contributed by atoms with van der Waals surface area (Å²) in [5, 5.41) is 3.25. The normalized spacial score (nSPS) is 13.3. The van der Waals surface area contributed by atoms with Gasteiger partial charge in [-0.05, 0) is 55.2 Å². The lowest BCUT2D eigenvalue weighted by Gasteiger charge is -2.32. The predicted molar refractivity (Wildman–Crippen MR) is 175 cm³/mol. The van der Waals surface area contributed by atoms with Gasteiger partial charge >= 0.3 is 5.97 Å². The van der Waals surface area contributed by atoms with Crippen molar-refractivity contribution in [2.24, 2.45) is 5.92 Å². The average Bonchev–Trinajstić information content (AvgIpc) is 3.04. The molecule has 232 valence electrons. The van der Waals surface area contributed by atoms with Crippen LogP contribution < -0.4 is 10.1 Å². The van der Waals surface area contributed by atoms with Gasteiger partial charge in [-0.25, -0.2) is 4.79 Å². The number of nitrogens with zero attached hydrogens (tertiary/aromatic N) is 1. The first-order valence-electron chi connectivity index (χ1n) is 15.5. The molecule has 0 radical (unpaired) electrons. The van der Waals surface area contributed by atoms with Crippen LogP contribution >= 0.6 is 0 Å². The number of nitrogens with one attached hydrogen (secondary N) is 1. The number of aryl methyl sites for hydroxylation is 1. The fourth-order valence-electron chi connectivity index (χ4n) is 5.52. The molecule has 1 fully saturated rings. The van der Waals surface area contributed by atoms with Gasteiger partial charge in [0.05, 0.1) is 13.7 Å². The molecule has 1 amide bonds. The van der Waals surface area contributed by atoms with Crippen molar-refractivity contribution in [1.82, 2.24) is 4.90 Å². The molecule has 0 aliphatic heterocycles. The van der Waals surface area contributed by atoms with Crippen molar-refractivity contribution in [1.29, 1.82) is 0 Å². The second-order valence-corrected chi connectivity index (χ2v) is 11.5. The largest absolute Gasteiger partial charge is 0.492 e. The zero-order chi connectivity index (χ0) is 31.6. The van der Waals surface area contributed by atoms with Gasteiger partial charge in [0.2, 0.25) is 5.91 Å². The Labute approximate surface area is 265 Å². The van der Waals surface area contributed by atoms with Crippen LogP contribution in [0.3, 0.4) is 0 Å². The molecule has 1 unspecified atom stereocenters. The van der Waals surface area contributed by atoms with Gasteiger partial charge in [0, 0.05) is 35.7 Å². The van der Waals surface area contributed by atoms with Gasteiger partial charge in [-0.1, -0.05) is 90.8 Å². The summed E-state index contributed by atoms with van der Waals surface area (Å²) in [5.41, 5.74) is 4.81. The van der Waals surface area contributed by atoms with Crippen molar-refractivity contribution in [3.8, 4) is 5.75 Å². The Bertz CT molecular complexity index is 1600. The molecule has 0 saturated heterocycles. The quantitative estimate of drug-likeness (QED) is 0.129. The summed E-state index contributed by atoms with van der Waals surface area (Å²) >= 11 is 0. The number of methoxy groups -OCH3 is 1. The van der Waals surface area contributed by atoms with Crippen molar-refractivity contribution in [3.05, 3.63) is 131 Å². The van der Waals surface area contributed by atoms with Gasteiger partial charge < -0.3 is 19.7 Å². The maximum Gasteiger partial charge on any atom is 0.328 e. The number of ether oxygens (including phenoxy) is 2. The molecule has 45 heavy (non-hydrogen) atoms. The van der Waals surface area contributed by atoms with Crippen LogP contribution in [-0.2, 0) is 27.3 Å². The van der Waals surface area contributed by atoms with Gasteiger partial charge in [0.25, 0.3) is 0 Å². The highest BCUT2D eigenvalue weighted by molar-refractivity contribution is 6.12. The molecule has 0 aromatic heterocycles. The first-order valence-corrected chi connectivity index (χ1v) is 15.5. The van der Waals surface area contributed by atoms with Crippen LogP contribution in [0, 0.1) is 12.8 Å². The number of esters is 1. The topological polar surface area (TPSA) is 84.9 Å². The number of hydrogen-bond acceptors (Lipinski definition) is 6. The second-order valence-electron chi connectivity index (χ2n) is 11.5. The van der Waals surface area contributed by atoms with Crippen LogP contribution in [0.5, 0.6) is 5.75 Å². The minimum Gasteiger partial charge on any atom is -0.492 e. The number of para-hydroxylation sites is 1. The smallest absolute Gasteiger partial charge is 0.328 e. The summed E-state index contributed by atoms with van der Waals surface area (Å²) in [4.78, 5) is 41.1. The van der Waals surface area contributed by atoms with E-state index in [9.17, 15) is 14.4 Å². The minimum atomic E-state index is -0.709. The number of amides is 1. The van der Waals surface area contributed by atoms with Crippen molar-refractivity contribution in [2.75, 3.05) is 25.6 Å². The molecule has 7 heteroatoms. The summed E-state index contributed by atoms with van der Waals surface area (Å²) in [6.07, 6.45) is 3.38. The van der Waals surface area contributed by atoms with E-state index in [2.05, 4.69) is 30.4 Å². The zero-order valence-corrected chi connectivity index (χ0v) is 25.9. The molecule has 0 spiro atoms. The standard InChI is InChI=1S/C38H40N2O5/c1-27-10-8-11-29(24-27)26-40(37(42)31-14-9-15-31)22-23-45-32-20-18-28(19-21-32)25-35(38(43)44-2)39-34-17-7-6-16-33(34)36(41)30-12-4-3-5-13-30/h3-8,10-13,16-21,24,31,35,39H,9,14-15,22-23,25-26H2,1-2H3. The highest BCUT2D eigenvalue weighted by atomic mass is 16.5. The summed E-state index contributed by atoms with van der Waals surface area (Å²) in [7, 11) is 1.35. The Morgan fingerprint density at radius 3 is 2.29 bits per heavy atom. The van der Waals surface area contributed by atoms with Gasteiger partial charge in [-0.3, -0.25) is 9.59 Å². The van der Waals surface area contributed by atoms with E-state index in [0.717, 1.165) is 30.4 Å². The maximum atomic E-state index is 13.2. The van der Waals surface area contributed by atoms with Gasteiger partial charge in [-0.2, -0.15) is 0 Å². The number of benzene rings is 4. The second kappa shape index (κ2) is 15.2. The summed E-state index contributed by atoms with van der Waals surface area (Å²) < 4.78 is 11.1. The molecule has 4 aromatic carbocycles. The Morgan fingerprint density at radius 1 is 0.867 bits per heavy atom. The molecule has 0 heterocycles. The number of anilines is 1. The van der Waals surface area contributed by atoms with Crippen LogP contribution in [0.25, 0.3) is 0 Å². The maximum absolute atomic E-state index is 13.2. The highest BCUT2D eigenvalue weighted by Gasteiger charge is 2.29. The van der Waals surface area contributed by atoms with Crippen LogP contribution in [0.4, 0.5) is 5.69 Å². The summed E-state index contributed by atoms with van der Waals surface area (Å²) in [6.45, 7) is 3.51. The first kappa shape index (κ1) is 31.5. The van der Waals surface area contributed by atoms with E-state index in [1.807, 2.05) is 59.5 Å². The molecule has 1 atom stereocenters. The third-order valence-electron chi connectivity index (χ3n) is 8.24. The lowest BCUT2D eigenvalue weighted by Crippen LogP contribution is -2.40. The molecule has 1 aliphatic carbocycles. The molecule has 0 bridgehead atoms. The third kappa shape index (κ3) is 8.38. The molecule has 1 saturated carbocycles. The SMILES string of the molecule is COC(=O)C(Cc1ccc(OCCN(Cc2cccc(C)c2)C(=O)C2CCC2)cc1)Nc1ccccc1C(=O)c1ccccc1. The number of hydrogen-bond donors (Lipinski definition) is 1. The Hall–Kier alpha value is -4.91. The van der Waals surface area contributed by atoms with Crippen LogP contribution in [0.15, 0.2) is 103 Å². The third-order valence-corrected chi connectivity index (χ3v) is 8.24. The van der Waals surface area contributed by atoms with E-state index < -0.39 is 12.0 Å². The summed E-state index contributed by atoms with van der Waals surface area (Å²) in [5.74, 6) is 0.452. The van der Waals surface area contributed by atoms with Crippen LogP contribution in [0.2, 0.25) is 0 Å². The van der Waals surface area contributed by atoms with E-state index >= 15 is 0 Å². The lowest BCUT2D eigenvalue weighted by atomic mass is 9.84. The Morgan fingerprint density at radius 2 is 1.60 bits per heavy atom. The van der Waals surface area contributed by atoms with E-state index in [1.165, 1.54) is 12.7 Å². The van der Waals surface area contributed by atoms with E-state index in [1.54, 1.807) is 30.3 Å². The van der Waals surface area contributed by atoms with Crippen LogP contribution in [-0.4, -0.2) is 48.9 Å². The van der Waals surface area contributed by atoms with Crippen molar-refractivity contribution in [3.63, 3.8) is 0 Å². The molecule has 7 nitrogen and oxygen atoms in total. The number of rotatable bonds is 14. The Balaban J connectivity index is 1.21. The van der Waals surface area contributed by atoms with E-state index in [-0.39, 0.29) is 17.6 Å². The monoisotopic (exact) mass is 604 g/mol. The fourth-order valence-corrected chi connectivity index (χ4v) is 5.52. The van der Waals surface area contributed by atoms with E-state index in [4.69, 9.17) is 9.47 Å².